The first-order chi connectivity index (χ1) is 8.95. The Morgan fingerprint density at radius 1 is 1.32 bits per heavy atom. The van der Waals surface area contributed by atoms with Crippen LogP contribution in [0.4, 0.5) is 0 Å². The molecule has 6 heteroatoms. The van der Waals surface area contributed by atoms with Gasteiger partial charge in [0.15, 0.2) is 0 Å². The summed E-state index contributed by atoms with van der Waals surface area (Å²) in [4.78, 5) is 24.9. The topological polar surface area (TPSA) is 46.6 Å². The number of benzene rings is 1. The highest BCUT2D eigenvalue weighted by atomic mass is 79.9. The van der Waals surface area contributed by atoms with E-state index in [-0.39, 0.29) is 18.3 Å². The lowest BCUT2D eigenvalue weighted by molar-refractivity contribution is -0.143. The summed E-state index contributed by atoms with van der Waals surface area (Å²) in [6.07, 6.45) is 0.199. The van der Waals surface area contributed by atoms with E-state index in [0.29, 0.717) is 18.7 Å². The van der Waals surface area contributed by atoms with Crippen molar-refractivity contribution < 1.29 is 14.3 Å². The van der Waals surface area contributed by atoms with Gasteiger partial charge in [0.2, 0.25) is 0 Å². The second-order valence-electron chi connectivity index (χ2n) is 3.91. The first-order valence-electron chi connectivity index (χ1n) is 5.81. The highest BCUT2D eigenvalue weighted by Crippen LogP contribution is 2.22. The zero-order valence-electron chi connectivity index (χ0n) is 10.8. The van der Waals surface area contributed by atoms with Crippen molar-refractivity contribution in [3.63, 3.8) is 0 Å². The molecule has 0 N–H and O–H groups in total. The first-order valence-corrected chi connectivity index (χ1v) is 7.40. The SMILES string of the molecule is CCOC(=O)CCN(C)C(=O)c1ccc(Br)cc1Br. The summed E-state index contributed by atoms with van der Waals surface area (Å²) in [5.74, 6) is -0.430. The van der Waals surface area contributed by atoms with E-state index in [9.17, 15) is 9.59 Å². The van der Waals surface area contributed by atoms with E-state index in [0.717, 1.165) is 8.95 Å². The maximum absolute atomic E-state index is 12.2. The Morgan fingerprint density at radius 2 is 2.00 bits per heavy atom. The number of hydrogen-bond donors (Lipinski definition) is 0. The van der Waals surface area contributed by atoms with Crippen molar-refractivity contribution in [1.29, 1.82) is 0 Å². The van der Waals surface area contributed by atoms with Crippen LogP contribution in [0.25, 0.3) is 0 Å². The second kappa shape index (κ2) is 7.65. The number of carbonyl (C=O) groups excluding carboxylic acids is 2. The smallest absolute Gasteiger partial charge is 0.307 e. The van der Waals surface area contributed by atoms with Crippen LogP contribution in [0.15, 0.2) is 27.1 Å². The number of carbonyl (C=O) groups is 2. The summed E-state index contributed by atoms with van der Waals surface area (Å²) < 4.78 is 6.44. The lowest BCUT2D eigenvalue weighted by atomic mass is 10.2. The van der Waals surface area contributed by atoms with Crippen LogP contribution in [0.1, 0.15) is 23.7 Å². The van der Waals surface area contributed by atoms with Gasteiger partial charge in [-0.05, 0) is 41.1 Å². The quantitative estimate of drug-likeness (QED) is 0.722. The molecule has 0 heterocycles. The molecule has 1 aromatic carbocycles. The molecule has 1 aromatic rings. The van der Waals surface area contributed by atoms with Gasteiger partial charge in [-0.25, -0.2) is 0 Å². The standard InChI is InChI=1S/C13H15Br2NO3/c1-3-19-12(17)6-7-16(2)13(18)10-5-4-9(14)8-11(10)15/h4-5,8H,3,6-7H2,1-2H3. The molecular weight excluding hydrogens is 378 g/mol. The fourth-order valence-corrected chi connectivity index (χ4v) is 2.68. The molecule has 0 atom stereocenters. The van der Waals surface area contributed by atoms with Crippen LogP contribution in [0.3, 0.4) is 0 Å². The van der Waals surface area contributed by atoms with E-state index in [1.807, 2.05) is 6.07 Å². The van der Waals surface area contributed by atoms with Gasteiger partial charge in [-0.2, -0.15) is 0 Å². The van der Waals surface area contributed by atoms with E-state index in [1.165, 1.54) is 4.90 Å². The predicted octanol–water partition coefficient (Wildman–Crippen LogP) is 3.24. The van der Waals surface area contributed by atoms with Gasteiger partial charge in [-0.1, -0.05) is 15.9 Å². The Balaban J connectivity index is 2.64. The molecule has 0 aromatic heterocycles. The average Bonchev–Trinajstić information content (AvgIpc) is 2.35. The molecule has 1 rings (SSSR count). The van der Waals surface area contributed by atoms with Gasteiger partial charge < -0.3 is 9.64 Å². The number of nitrogens with zero attached hydrogens (tertiary/aromatic N) is 1. The van der Waals surface area contributed by atoms with Crippen LogP contribution in [-0.2, 0) is 9.53 Å². The van der Waals surface area contributed by atoms with Crippen molar-refractivity contribution in [1.82, 2.24) is 4.90 Å². The highest BCUT2D eigenvalue weighted by Gasteiger charge is 2.16. The van der Waals surface area contributed by atoms with Crippen LogP contribution in [0, 0.1) is 0 Å². The lowest BCUT2D eigenvalue weighted by Gasteiger charge is -2.17. The van der Waals surface area contributed by atoms with E-state index < -0.39 is 0 Å². The molecule has 0 aliphatic carbocycles. The molecule has 0 saturated carbocycles. The Morgan fingerprint density at radius 3 is 2.58 bits per heavy atom. The van der Waals surface area contributed by atoms with Crippen LogP contribution >= 0.6 is 31.9 Å². The van der Waals surface area contributed by atoms with Crippen LogP contribution in [0.5, 0.6) is 0 Å². The third-order valence-electron chi connectivity index (χ3n) is 2.46. The van der Waals surface area contributed by atoms with Gasteiger partial charge in [-0.3, -0.25) is 9.59 Å². The molecule has 4 nitrogen and oxygen atoms in total. The maximum atomic E-state index is 12.2. The minimum Gasteiger partial charge on any atom is -0.466 e. The highest BCUT2D eigenvalue weighted by molar-refractivity contribution is 9.11. The number of ether oxygens (including phenoxy) is 1. The molecule has 0 spiro atoms. The Bertz CT molecular complexity index is 477. The zero-order valence-corrected chi connectivity index (χ0v) is 14.0. The molecule has 0 saturated heterocycles. The number of amides is 1. The monoisotopic (exact) mass is 391 g/mol. The number of hydrogen-bond acceptors (Lipinski definition) is 3. The Hall–Kier alpha value is -0.880. The molecule has 0 bridgehead atoms. The minimum atomic E-state index is -0.294. The average molecular weight is 393 g/mol. The maximum Gasteiger partial charge on any atom is 0.307 e. The van der Waals surface area contributed by atoms with Crippen molar-refractivity contribution >= 4 is 43.7 Å². The van der Waals surface area contributed by atoms with E-state index >= 15 is 0 Å². The second-order valence-corrected chi connectivity index (χ2v) is 5.68. The van der Waals surface area contributed by atoms with Crippen molar-refractivity contribution in [3.05, 3.63) is 32.7 Å². The number of rotatable bonds is 5. The van der Waals surface area contributed by atoms with E-state index in [4.69, 9.17) is 4.74 Å². The zero-order chi connectivity index (χ0) is 14.4. The molecule has 0 aliphatic heterocycles. The summed E-state index contributed by atoms with van der Waals surface area (Å²) in [7, 11) is 1.66. The molecule has 0 aliphatic rings. The first kappa shape index (κ1) is 16.2. The fourth-order valence-electron chi connectivity index (χ4n) is 1.46. The fraction of sp³-hybridized carbons (Fsp3) is 0.385. The van der Waals surface area contributed by atoms with Crippen molar-refractivity contribution in [3.8, 4) is 0 Å². The van der Waals surface area contributed by atoms with Gasteiger partial charge in [0.1, 0.15) is 0 Å². The molecule has 0 radical (unpaired) electrons. The minimum absolute atomic E-state index is 0.135. The molecule has 0 unspecified atom stereocenters. The normalized spacial score (nSPS) is 10.1. The van der Waals surface area contributed by atoms with Gasteiger partial charge in [0.25, 0.3) is 5.91 Å². The van der Waals surface area contributed by atoms with Gasteiger partial charge in [0.05, 0.1) is 18.6 Å². The molecular formula is C13H15Br2NO3. The van der Waals surface area contributed by atoms with Gasteiger partial charge >= 0.3 is 5.97 Å². The Kier molecular flexibility index (Phi) is 6.51. The molecule has 104 valence electrons. The summed E-state index contributed by atoms with van der Waals surface area (Å²) >= 11 is 6.69. The third-order valence-corrected chi connectivity index (χ3v) is 3.61. The summed E-state index contributed by atoms with van der Waals surface area (Å²) in [6.45, 7) is 2.45. The van der Waals surface area contributed by atoms with Crippen LogP contribution in [-0.4, -0.2) is 37.0 Å². The van der Waals surface area contributed by atoms with Gasteiger partial charge in [0, 0.05) is 22.5 Å². The summed E-state index contributed by atoms with van der Waals surface area (Å²) in [6, 6.07) is 5.35. The predicted molar refractivity (Wildman–Crippen MR) is 80.1 cm³/mol. The summed E-state index contributed by atoms with van der Waals surface area (Å²) in [5, 5.41) is 0. The van der Waals surface area contributed by atoms with Gasteiger partial charge in [-0.15, -0.1) is 0 Å². The molecule has 1 amide bonds. The van der Waals surface area contributed by atoms with E-state index in [1.54, 1.807) is 26.1 Å². The van der Waals surface area contributed by atoms with Crippen molar-refractivity contribution in [2.45, 2.75) is 13.3 Å². The molecule has 0 fully saturated rings. The molecule has 19 heavy (non-hydrogen) atoms. The van der Waals surface area contributed by atoms with Crippen LogP contribution in [0.2, 0.25) is 0 Å². The van der Waals surface area contributed by atoms with Crippen LogP contribution < -0.4 is 0 Å². The lowest BCUT2D eigenvalue weighted by Crippen LogP contribution is -2.29. The number of halogens is 2. The number of esters is 1. The van der Waals surface area contributed by atoms with Crippen molar-refractivity contribution in [2.75, 3.05) is 20.2 Å². The largest absolute Gasteiger partial charge is 0.466 e. The Labute approximate surface area is 129 Å². The third kappa shape index (κ3) is 4.95. The summed E-state index contributed by atoms with van der Waals surface area (Å²) in [5.41, 5.74) is 0.564. The van der Waals surface area contributed by atoms with E-state index in [2.05, 4.69) is 31.9 Å². The van der Waals surface area contributed by atoms with Crippen molar-refractivity contribution in [2.24, 2.45) is 0 Å².